The van der Waals surface area contributed by atoms with Gasteiger partial charge >= 0.3 is 0 Å². The number of likely N-dealkylation sites (tertiary alicyclic amines) is 1. The number of rotatable bonds is 8. The molecule has 1 aromatic carbocycles. The molecule has 2 rings (SSSR count). The Labute approximate surface area is 163 Å². The Hall–Kier alpha value is -2.32. The van der Waals surface area contributed by atoms with Gasteiger partial charge in [-0.05, 0) is 12.8 Å². The molecule has 27 heavy (non-hydrogen) atoms. The second kappa shape index (κ2) is 9.57. The highest BCUT2D eigenvalue weighted by atomic mass is 32.1. The third kappa shape index (κ3) is 6.11. The number of carbonyl (C=O) groups is 3. The molecule has 1 aliphatic heterocycles. The van der Waals surface area contributed by atoms with E-state index < -0.39 is 18.5 Å². The molecule has 1 unspecified atom stereocenters. The minimum absolute atomic E-state index is 0.0820. The van der Waals surface area contributed by atoms with Crippen molar-refractivity contribution in [2.24, 2.45) is 11.7 Å². The smallest absolute Gasteiger partial charge is 0.225 e. The van der Waals surface area contributed by atoms with Gasteiger partial charge in [0.05, 0.1) is 18.7 Å². The third-order valence-electron chi connectivity index (χ3n) is 4.60. The van der Waals surface area contributed by atoms with Gasteiger partial charge in [-0.2, -0.15) is 0 Å². The van der Waals surface area contributed by atoms with Gasteiger partial charge in [0.25, 0.3) is 0 Å². The topological polar surface area (TPSA) is 113 Å². The molecule has 0 radical (unpaired) electrons. The maximum absolute atomic E-state index is 12.6. The predicted octanol–water partition coefficient (Wildman–Crippen LogP) is 0.287. The van der Waals surface area contributed by atoms with Crippen LogP contribution in [0.5, 0.6) is 0 Å². The first-order valence-electron chi connectivity index (χ1n) is 8.81. The zero-order chi connectivity index (χ0) is 20.0. The third-order valence-corrected chi connectivity index (χ3v) is 4.83. The van der Waals surface area contributed by atoms with E-state index in [1.54, 1.807) is 36.1 Å². The number of carboxylic acids is 1. The highest BCUT2D eigenvalue weighted by Gasteiger charge is 2.27. The number of hydrogen-bond donors (Lipinski definition) is 1. The zero-order valence-electron chi connectivity index (χ0n) is 15.2. The molecule has 7 nitrogen and oxygen atoms in total. The molecule has 146 valence electrons. The molecule has 1 atom stereocenters. The van der Waals surface area contributed by atoms with Crippen molar-refractivity contribution >= 4 is 34.9 Å². The van der Waals surface area contributed by atoms with E-state index in [-0.39, 0.29) is 29.2 Å². The molecule has 1 amide bonds. The number of hydrogen-bond acceptors (Lipinski definition) is 6. The van der Waals surface area contributed by atoms with E-state index in [0.717, 1.165) is 0 Å². The van der Waals surface area contributed by atoms with Gasteiger partial charge in [0.15, 0.2) is 5.78 Å². The molecule has 1 fully saturated rings. The molecule has 1 aliphatic rings. The molecule has 1 saturated heterocycles. The van der Waals surface area contributed by atoms with Crippen molar-refractivity contribution in [1.82, 2.24) is 4.90 Å². The van der Waals surface area contributed by atoms with Gasteiger partial charge in [-0.3, -0.25) is 9.59 Å². The quantitative estimate of drug-likeness (QED) is 0.500. The van der Waals surface area contributed by atoms with Gasteiger partial charge in [0.2, 0.25) is 5.91 Å². The number of piperidine rings is 1. The number of carbonyl (C=O) groups excluding carboxylic acids is 3. The summed E-state index contributed by atoms with van der Waals surface area (Å²) < 4.78 is 5.21. The summed E-state index contributed by atoms with van der Waals surface area (Å²) in [6.45, 7) is 2.27. The predicted molar refractivity (Wildman–Crippen MR) is 101 cm³/mol. The first kappa shape index (κ1) is 21.0. The van der Waals surface area contributed by atoms with E-state index in [1.165, 1.54) is 0 Å². The fraction of sp³-hybridized carbons (Fsp3) is 0.474. The standard InChI is InChI=1S/C19H24N2O5S/c1-12(10-16(22)13-2-4-14(5-3-13)18(20)27)19(25)21-8-6-15(7-9-21)26-11-17(23)24/h2-5,12,15H,6-11H2,1H3,(H2,20,27)(H,23,24)/p-1. The van der Waals surface area contributed by atoms with E-state index in [0.29, 0.717) is 37.1 Å². The van der Waals surface area contributed by atoms with Gasteiger partial charge in [0.1, 0.15) is 4.99 Å². The number of ketones is 1. The monoisotopic (exact) mass is 391 g/mol. The van der Waals surface area contributed by atoms with E-state index in [4.69, 9.17) is 22.7 Å². The Balaban J connectivity index is 1.84. The lowest BCUT2D eigenvalue weighted by Crippen LogP contribution is -2.44. The van der Waals surface area contributed by atoms with Crippen molar-refractivity contribution < 1.29 is 24.2 Å². The zero-order valence-corrected chi connectivity index (χ0v) is 16.0. The van der Waals surface area contributed by atoms with Gasteiger partial charge in [-0.1, -0.05) is 43.4 Å². The number of nitrogens with two attached hydrogens (primary N) is 1. The van der Waals surface area contributed by atoms with Crippen molar-refractivity contribution in [3.05, 3.63) is 35.4 Å². The second-order valence-corrected chi connectivity index (χ2v) is 7.12. The van der Waals surface area contributed by atoms with Crippen molar-refractivity contribution in [3.63, 3.8) is 0 Å². The summed E-state index contributed by atoms with van der Waals surface area (Å²) in [5.74, 6) is -1.88. The van der Waals surface area contributed by atoms with Gasteiger partial charge in [0, 0.05) is 36.6 Å². The summed E-state index contributed by atoms with van der Waals surface area (Å²) in [5, 5.41) is 10.4. The van der Waals surface area contributed by atoms with Gasteiger partial charge in [-0.15, -0.1) is 0 Å². The second-order valence-electron chi connectivity index (χ2n) is 6.68. The van der Waals surface area contributed by atoms with E-state index >= 15 is 0 Å². The average molecular weight is 391 g/mol. The normalized spacial score (nSPS) is 16.0. The molecule has 1 aromatic rings. The molecule has 0 saturated carbocycles. The molecule has 0 aromatic heterocycles. The minimum Gasteiger partial charge on any atom is -0.548 e. The molecule has 2 N–H and O–H groups in total. The number of thiocarbonyl (C=S) groups is 1. The fourth-order valence-electron chi connectivity index (χ4n) is 3.04. The van der Waals surface area contributed by atoms with Crippen molar-refractivity contribution in [3.8, 4) is 0 Å². The van der Waals surface area contributed by atoms with Crippen LogP contribution in [0.15, 0.2) is 24.3 Å². The summed E-state index contributed by atoms with van der Waals surface area (Å²) >= 11 is 4.89. The number of benzene rings is 1. The van der Waals surface area contributed by atoms with E-state index in [1.807, 2.05) is 0 Å². The van der Waals surface area contributed by atoms with Crippen LogP contribution in [-0.4, -0.2) is 53.3 Å². The molecule has 0 aliphatic carbocycles. The SMILES string of the molecule is CC(CC(=O)c1ccc(C(N)=S)cc1)C(=O)N1CCC(OCC(=O)[O-])CC1. The number of carboxylic acid groups (broad SMARTS) is 1. The highest BCUT2D eigenvalue weighted by molar-refractivity contribution is 7.80. The molecule has 0 spiro atoms. The molecular weight excluding hydrogens is 368 g/mol. The number of Topliss-reactive ketones (excluding diaryl/α,β-unsaturated/α-hetero) is 1. The fourth-order valence-corrected chi connectivity index (χ4v) is 3.18. The van der Waals surface area contributed by atoms with Crippen LogP contribution < -0.4 is 10.8 Å². The molecule has 8 heteroatoms. The number of aliphatic carboxylic acids is 1. The average Bonchev–Trinajstić information content (AvgIpc) is 2.66. The Bertz CT molecular complexity index is 711. The summed E-state index contributed by atoms with van der Waals surface area (Å²) in [6.07, 6.45) is 1.07. The number of amides is 1. The lowest BCUT2D eigenvalue weighted by molar-refractivity contribution is -0.310. The van der Waals surface area contributed by atoms with Crippen LogP contribution in [0.2, 0.25) is 0 Å². The molecular formula is C19H23N2O5S-. The summed E-state index contributed by atoms with van der Waals surface area (Å²) in [4.78, 5) is 37.4. The van der Waals surface area contributed by atoms with Crippen molar-refractivity contribution in [1.29, 1.82) is 0 Å². The van der Waals surface area contributed by atoms with Crippen LogP contribution in [0.25, 0.3) is 0 Å². The lowest BCUT2D eigenvalue weighted by Gasteiger charge is -2.33. The first-order chi connectivity index (χ1) is 12.8. The highest BCUT2D eigenvalue weighted by Crippen LogP contribution is 2.19. The lowest BCUT2D eigenvalue weighted by atomic mass is 9.96. The van der Waals surface area contributed by atoms with Gasteiger partial charge < -0.3 is 25.3 Å². The summed E-state index contributed by atoms with van der Waals surface area (Å²) in [5.41, 5.74) is 6.75. The molecule has 0 bridgehead atoms. The number of nitrogens with zero attached hydrogens (tertiary/aromatic N) is 1. The summed E-state index contributed by atoms with van der Waals surface area (Å²) in [6, 6.07) is 6.71. The van der Waals surface area contributed by atoms with Crippen LogP contribution >= 0.6 is 12.2 Å². The summed E-state index contributed by atoms with van der Waals surface area (Å²) in [7, 11) is 0. The van der Waals surface area contributed by atoms with Crippen molar-refractivity contribution in [2.45, 2.75) is 32.3 Å². The Morgan fingerprint density at radius 3 is 2.30 bits per heavy atom. The maximum Gasteiger partial charge on any atom is 0.225 e. The first-order valence-corrected chi connectivity index (χ1v) is 9.22. The Kier molecular flexibility index (Phi) is 7.44. The van der Waals surface area contributed by atoms with Crippen LogP contribution in [0.4, 0.5) is 0 Å². The Morgan fingerprint density at radius 2 is 1.78 bits per heavy atom. The minimum atomic E-state index is -1.25. The van der Waals surface area contributed by atoms with Crippen molar-refractivity contribution in [2.75, 3.05) is 19.7 Å². The molecule has 1 heterocycles. The van der Waals surface area contributed by atoms with Gasteiger partial charge in [-0.25, -0.2) is 0 Å². The van der Waals surface area contributed by atoms with E-state index in [9.17, 15) is 19.5 Å². The van der Waals surface area contributed by atoms with Crippen LogP contribution in [0.1, 0.15) is 42.1 Å². The van der Waals surface area contributed by atoms with Crippen LogP contribution in [0.3, 0.4) is 0 Å². The maximum atomic E-state index is 12.6. The Morgan fingerprint density at radius 1 is 1.22 bits per heavy atom. The number of ether oxygens (including phenoxy) is 1. The van der Waals surface area contributed by atoms with E-state index in [2.05, 4.69) is 0 Å². The van der Waals surface area contributed by atoms with Crippen LogP contribution in [-0.2, 0) is 14.3 Å². The van der Waals surface area contributed by atoms with Crippen LogP contribution in [0, 0.1) is 5.92 Å². The largest absolute Gasteiger partial charge is 0.548 e.